The van der Waals surface area contributed by atoms with Gasteiger partial charge in [0.15, 0.2) is 0 Å². The molecule has 1 aliphatic rings. The lowest BCUT2D eigenvalue weighted by atomic mass is 9.91. The lowest BCUT2D eigenvalue weighted by Crippen LogP contribution is -2.58. The van der Waals surface area contributed by atoms with Crippen molar-refractivity contribution in [1.82, 2.24) is 9.88 Å². The van der Waals surface area contributed by atoms with Gasteiger partial charge in [0, 0.05) is 5.41 Å². The number of carbonyl (C=O) groups is 2. The molecule has 23 heavy (non-hydrogen) atoms. The van der Waals surface area contributed by atoms with Crippen molar-refractivity contribution in [3.05, 3.63) is 23.5 Å². The first-order chi connectivity index (χ1) is 10.6. The SMILES string of the molecule is CC(C)(C)[C@H]1OC[C@@](C)(C(=O)Nc2ccc(Cl)nc2)N1C(=O)O. The van der Waals surface area contributed by atoms with Crippen molar-refractivity contribution >= 4 is 29.3 Å². The Morgan fingerprint density at radius 2 is 2.13 bits per heavy atom. The first-order valence-electron chi connectivity index (χ1n) is 7.12. The number of nitrogens with one attached hydrogen (secondary N) is 1. The molecule has 0 bridgehead atoms. The maximum Gasteiger partial charge on any atom is 0.410 e. The molecule has 0 saturated carbocycles. The summed E-state index contributed by atoms with van der Waals surface area (Å²) in [4.78, 5) is 29.3. The maximum atomic E-state index is 12.7. The highest BCUT2D eigenvalue weighted by atomic mass is 35.5. The van der Waals surface area contributed by atoms with E-state index < -0.39 is 29.2 Å². The number of carboxylic acid groups (broad SMARTS) is 1. The number of nitrogens with zero attached hydrogens (tertiary/aromatic N) is 2. The molecule has 1 fully saturated rings. The molecule has 0 spiro atoms. The molecule has 2 N–H and O–H groups in total. The molecule has 7 nitrogen and oxygen atoms in total. The summed E-state index contributed by atoms with van der Waals surface area (Å²) in [6.45, 7) is 7.11. The Kier molecular flexibility index (Phi) is 4.54. The molecule has 1 aromatic heterocycles. The summed E-state index contributed by atoms with van der Waals surface area (Å²) in [7, 11) is 0. The molecule has 0 radical (unpaired) electrons. The normalized spacial score (nSPS) is 24.6. The molecule has 2 heterocycles. The first-order valence-corrected chi connectivity index (χ1v) is 7.50. The third-order valence-electron chi connectivity index (χ3n) is 3.71. The zero-order chi connectivity index (χ0) is 17.4. The minimum atomic E-state index is -1.33. The Morgan fingerprint density at radius 1 is 1.48 bits per heavy atom. The Morgan fingerprint density at radius 3 is 2.61 bits per heavy atom. The molecular weight excluding hydrogens is 322 g/mol. The summed E-state index contributed by atoms with van der Waals surface area (Å²) >= 11 is 5.71. The summed E-state index contributed by atoms with van der Waals surface area (Å²) in [5.74, 6) is -0.476. The molecule has 1 saturated heterocycles. The molecule has 0 aliphatic carbocycles. The van der Waals surface area contributed by atoms with Crippen LogP contribution in [-0.4, -0.2) is 45.4 Å². The second-order valence-corrected chi connectivity index (χ2v) is 7.17. The predicted molar refractivity (Wildman–Crippen MR) is 85.3 cm³/mol. The fourth-order valence-corrected chi connectivity index (χ4v) is 2.60. The van der Waals surface area contributed by atoms with Gasteiger partial charge in [-0.3, -0.25) is 9.69 Å². The quantitative estimate of drug-likeness (QED) is 0.807. The average molecular weight is 342 g/mol. The molecule has 2 atom stereocenters. The van der Waals surface area contributed by atoms with Gasteiger partial charge in [-0.1, -0.05) is 32.4 Å². The summed E-state index contributed by atoms with van der Waals surface area (Å²) in [5.41, 5.74) is -1.35. The number of amides is 2. The zero-order valence-electron chi connectivity index (χ0n) is 13.5. The number of aromatic nitrogens is 1. The van der Waals surface area contributed by atoms with Crippen molar-refractivity contribution in [2.75, 3.05) is 11.9 Å². The van der Waals surface area contributed by atoms with Gasteiger partial charge < -0.3 is 15.2 Å². The van der Waals surface area contributed by atoms with E-state index in [9.17, 15) is 14.7 Å². The Bertz CT molecular complexity index is 614. The van der Waals surface area contributed by atoms with Crippen molar-refractivity contribution in [2.45, 2.75) is 39.5 Å². The van der Waals surface area contributed by atoms with E-state index >= 15 is 0 Å². The van der Waals surface area contributed by atoms with Gasteiger partial charge in [-0.25, -0.2) is 9.78 Å². The fraction of sp³-hybridized carbons (Fsp3) is 0.533. The lowest BCUT2D eigenvalue weighted by Gasteiger charge is -2.37. The second kappa shape index (κ2) is 5.98. The van der Waals surface area contributed by atoms with Crippen LogP contribution >= 0.6 is 11.6 Å². The van der Waals surface area contributed by atoms with Crippen LogP contribution < -0.4 is 5.32 Å². The van der Waals surface area contributed by atoms with Gasteiger partial charge in [0.05, 0.1) is 18.5 Å². The van der Waals surface area contributed by atoms with Crippen molar-refractivity contribution in [1.29, 1.82) is 0 Å². The molecule has 0 unspecified atom stereocenters. The lowest BCUT2D eigenvalue weighted by molar-refractivity contribution is -0.125. The fourth-order valence-electron chi connectivity index (χ4n) is 2.48. The highest BCUT2D eigenvalue weighted by Crippen LogP contribution is 2.37. The molecule has 1 aliphatic heterocycles. The van der Waals surface area contributed by atoms with E-state index in [1.807, 2.05) is 20.8 Å². The number of pyridine rings is 1. The van der Waals surface area contributed by atoms with Crippen LogP contribution in [0.4, 0.5) is 10.5 Å². The number of ether oxygens (including phenoxy) is 1. The van der Waals surface area contributed by atoms with Gasteiger partial charge in [0.1, 0.15) is 16.9 Å². The minimum absolute atomic E-state index is 0.0198. The zero-order valence-corrected chi connectivity index (χ0v) is 14.2. The van der Waals surface area contributed by atoms with E-state index in [2.05, 4.69) is 10.3 Å². The van der Waals surface area contributed by atoms with E-state index in [0.717, 1.165) is 4.90 Å². The van der Waals surface area contributed by atoms with Crippen LogP contribution in [0.1, 0.15) is 27.7 Å². The number of hydrogen-bond donors (Lipinski definition) is 2. The second-order valence-electron chi connectivity index (χ2n) is 6.78. The van der Waals surface area contributed by atoms with Crippen molar-refractivity contribution in [3.8, 4) is 0 Å². The number of anilines is 1. The number of carbonyl (C=O) groups excluding carboxylic acids is 1. The number of halogens is 1. The predicted octanol–water partition coefficient (Wildman–Crippen LogP) is 2.81. The third-order valence-corrected chi connectivity index (χ3v) is 3.93. The molecular formula is C15H20ClN3O4. The van der Waals surface area contributed by atoms with Crippen LogP contribution in [0.5, 0.6) is 0 Å². The molecule has 8 heteroatoms. The van der Waals surface area contributed by atoms with E-state index in [1.54, 1.807) is 13.0 Å². The monoisotopic (exact) mass is 341 g/mol. The van der Waals surface area contributed by atoms with Crippen molar-refractivity contribution in [3.63, 3.8) is 0 Å². The van der Waals surface area contributed by atoms with E-state index in [-0.39, 0.29) is 6.61 Å². The number of rotatable bonds is 2. The van der Waals surface area contributed by atoms with E-state index in [4.69, 9.17) is 16.3 Å². The van der Waals surface area contributed by atoms with Crippen LogP contribution in [0.2, 0.25) is 5.15 Å². The van der Waals surface area contributed by atoms with Crippen LogP contribution in [0.15, 0.2) is 18.3 Å². The van der Waals surface area contributed by atoms with Gasteiger partial charge in [0.2, 0.25) is 0 Å². The van der Waals surface area contributed by atoms with Gasteiger partial charge in [-0.15, -0.1) is 0 Å². The molecule has 2 amide bonds. The van der Waals surface area contributed by atoms with Gasteiger partial charge >= 0.3 is 6.09 Å². The Hall–Kier alpha value is -1.86. The summed E-state index contributed by atoms with van der Waals surface area (Å²) in [6, 6.07) is 3.14. The van der Waals surface area contributed by atoms with Crippen LogP contribution in [0.25, 0.3) is 0 Å². The highest BCUT2D eigenvalue weighted by molar-refractivity contribution is 6.29. The molecule has 126 valence electrons. The summed E-state index contributed by atoms with van der Waals surface area (Å²) < 4.78 is 5.63. The van der Waals surface area contributed by atoms with Crippen LogP contribution in [-0.2, 0) is 9.53 Å². The summed E-state index contributed by atoms with van der Waals surface area (Å²) in [5, 5.41) is 12.5. The minimum Gasteiger partial charge on any atom is -0.465 e. The van der Waals surface area contributed by atoms with Gasteiger partial charge in [-0.05, 0) is 19.1 Å². The smallest absolute Gasteiger partial charge is 0.410 e. The molecule has 0 aromatic carbocycles. The first kappa shape index (κ1) is 17.5. The van der Waals surface area contributed by atoms with Crippen molar-refractivity contribution < 1.29 is 19.4 Å². The van der Waals surface area contributed by atoms with Gasteiger partial charge in [-0.2, -0.15) is 0 Å². The van der Waals surface area contributed by atoms with Crippen LogP contribution in [0, 0.1) is 5.41 Å². The molecule has 2 rings (SSSR count). The number of hydrogen-bond acceptors (Lipinski definition) is 4. The largest absolute Gasteiger partial charge is 0.465 e. The highest BCUT2D eigenvalue weighted by Gasteiger charge is 2.55. The Balaban J connectivity index is 2.26. The standard InChI is InChI=1S/C15H20ClN3O4/c1-14(2,3)12-19(13(21)22)15(4,8-23-12)11(20)18-9-5-6-10(16)17-7-9/h5-7,12H,8H2,1-4H3,(H,18,20)(H,21,22)/t12-,15+/m1/s1. The van der Waals surface area contributed by atoms with Gasteiger partial charge in [0.25, 0.3) is 5.91 Å². The molecule has 1 aromatic rings. The average Bonchev–Trinajstić information content (AvgIpc) is 2.80. The van der Waals surface area contributed by atoms with Crippen molar-refractivity contribution in [2.24, 2.45) is 5.41 Å². The maximum absolute atomic E-state index is 12.7. The third kappa shape index (κ3) is 3.40. The topological polar surface area (TPSA) is 91.8 Å². The van der Waals surface area contributed by atoms with E-state index in [0.29, 0.717) is 10.8 Å². The van der Waals surface area contributed by atoms with E-state index in [1.165, 1.54) is 12.3 Å². The van der Waals surface area contributed by atoms with Crippen LogP contribution in [0.3, 0.4) is 0 Å². The Labute approximate surface area is 139 Å². The summed E-state index contributed by atoms with van der Waals surface area (Å²) in [6.07, 6.45) is -0.500.